The summed E-state index contributed by atoms with van der Waals surface area (Å²) in [6, 6.07) is 8.19. The van der Waals surface area contributed by atoms with Crippen molar-refractivity contribution in [3.63, 3.8) is 0 Å². The van der Waals surface area contributed by atoms with Gasteiger partial charge in [0.1, 0.15) is 5.82 Å². The van der Waals surface area contributed by atoms with Crippen LogP contribution in [0.4, 0.5) is 5.82 Å². The largest absolute Gasteiger partial charge is 0.393 e. The summed E-state index contributed by atoms with van der Waals surface area (Å²) in [6.07, 6.45) is 10.7. The van der Waals surface area contributed by atoms with Crippen LogP contribution in [-0.4, -0.2) is 66.5 Å². The highest BCUT2D eigenvalue weighted by atomic mass is 16.3. The number of aromatic nitrogens is 2. The van der Waals surface area contributed by atoms with E-state index in [1.165, 1.54) is 0 Å². The molecule has 1 saturated heterocycles. The van der Waals surface area contributed by atoms with E-state index in [-0.39, 0.29) is 6.10 Å². The second-order valence-corrected chi connectivity index (χ2v) is 8.82. The first-order valence-corrected chi connectivity index (χ1v) is 11.5. The second-order valence-electron chi connectivity index (χ2n) is 8.82. The molecular weight excluding hydrogens is 422 g/mol. The van der Waals surface area contributed by atoms with Gasteiger partial charge < -0.3 is 14.9 Å². The lowest BCUT2D eigenvalue weighted by molar-refractivity contribution is 0.145. The van der Waals surface area contributed by atoms with E-state index in [1.807, 2.05) is 68.8 Å². The first kappa shape index (κ1) is 25.1. The van der Waals surface area contributed by atoms with E-state index in [4.69, 9.17) is 9.97 Å². The van der Waals surface area contributed by atoms with Gasteiger partial charge in [-0.1, -0.05) is 49.1 Å². The molecule has 0 radical (unpaired) electrons. The van der Waals surface area contributed by atoms with Crippen molar-refractivity contribution < 1.29 is 5.11 Å². The summed E-state index contributed by atoms with van der Waals surface area (Å²) >= 11 is 0. The van der Waals surface area contributed by atoms with Gasteiger partial charge in [0.2, 0.25) is 0 Å². The maximum Gasteiger partial charge on any atom is 0.161 e. The molecule has 0 bridgehead atoms. The van der Waals surface area contributed by atoms with Crippen molar-refractivity contribution >= 4 is 23.2 Å². The Morgan fingerprint density at radius 3 is 2.59 bits per heavy atom. The molecule has 0 atom stereocenters. The summed E-state index contributed by atoms with van der Waals surface area (Å²) < 4.78 is 0. The highest BCUT2D eigenvalue weighted by Crippen LogP contribution is 2.30. The van der Waals surface area contributed by atoms with Crippen LogP contribution < -0.4 is 4.90 Å². The highest BCUT2D eigenvalue weighted by molar-refractivity contribution is 6.12. The summed E-state index contributed by atoms with van der Waals surface area (Å²) in [5, 5.41) is 10.0. The van der Waals surface area contributed by atoms with Crippen LogP contribution in [0.3, 0.4) is 0 Å². The molecule has 0 amide bonds. The van der Waals surface area contributed by atoms with Gasteiger partial charge in [0.25, 0.3) is 0 Å². The summed E-state index contributed by atoms with van der Waals surface area (Å²) in [5.41, 5.74) is 5.76. The molecule has 2 aromatic rings. The Kier molecular flexibility index (Phi) is 8.55. The van der Waals surface area contributed by atoms with Crippen LogP contribution in [0, 0.1) is 0 Å². The van der Waals surface area contributed by atoms with Crippen molar-refractivity contribution in [1.82, 2.24) is 14.9 Å². The second kappa shape index (κ2) is 11.6. The number of rotatable bonds is 8. The van der Waals surface area contributed by atoms with Crippen LogP contribution in [0.2, 0.25) is 0 Å². The Balaban J connectivity index is 2.12. The fourth-order valence-electron chi connectivity index (χ4n) is 3.98. The topological polar surface area (TPSA) is 64.9 Å². The molecule has 1 aromatic heterocycles. The summed E-state index contributed by atoms with van der Waals surface area (Å²) in [6.45, 7) is 11.4. The van der Waals surface area contributed by atoms with Crippen molar-refractivity contribution in [3.8, 4) is 11.4 Å². The minimum atomic E-state index is -0.263. The molecule has 6 nitrogen and oxygen atoms in total. The zero-order valence-electron chi connectivity index (χ0n) is 20.7. The average Bonchev–Trinajstić information content (AvgIpc) is 2.82. The molecule has 1 fully saturated rings. The first-order chi connectivity index (χ1) is 16.3. The predicted molar refractivity (Wildman–Crippen MR) is 144 cm³/mol. The van der Waals surface area contributed by atoms with Gasteiger partial charge in [-0.3, -0.25) is 4.99 Å². The molecule has 0 unspecified atom stereocenters. The van der Waals surface area contributed by atoms with E-state index < -0.39 is 0 Å². The molecule has 1 N–H and O–H groups in total. The van der Waals surface area contributed by atoms with Crippen LogP contribution >= 0.6 is 0 Å². The Labute approximate surface area is 203 Å². The van der Waals surface area contributed by atoms with Crippen LogP contribution in [0.1, 0.15) is 30.9 Å². The highest BCUT2D eigenvalue weighted by Gasteiger charge is 2.23. The standard InChI is InChI=1S/C28H35N5O/c1-7-21(19-32(5)6)22-9-8-10-23(16-22)27-30-18-26(24(17-29-4)15-20(2)3)28(31-27)33-13-11-25(34)12-14-33/h7-10,15-19,25,34H,1-2,11-14H2,3-6H3/b21-19+,24-15+,29-17-. The number of hydrogen-bond acceptors (Lipinski definition) is 6. The number of piperidine rings is 1. The average molecular weight is 458 g/mol. The van der Waals surface area contributed by atoms with E-state index in [0.717, 1.165) is 52.3 Å². The number of aliphatic hydroxyl groups excluding tert-OH is 1. The molecule has 1 aliphatic heterocycles. The summed E-state index contributed by atoms with van der Waals surface area (Å²) in [4.78, 5) is 18.2. The molecule has 0 spiro atoms. The number of allylic oxidation sites excluding steroid dienone is 5. The van der Waals surface area contributed by atoms with Gasteiger partial charge in [-0.2, -0.15) is 0 Å². The quantitative estimate of drug-likeness (QED) is 0.453. The normalized spacial score (nSPS) is 15.6. The summed E-state index contributed by atoms with van der Waals surface area (Å²) in [5.74, 6) is 1.51. The molecule has 2 heterocycles. The van der Waals surface area contributed by atoms with Gasteiger partial charge >= 0.3 is 0 Å². The van der Waals surface area contributed by atoms with E-state index in [2.05, 4.69) is 35.2 Å². The van der Waals surface area contributed by atoms with E-state index in [1.54, 1.807) is 7.05 Å². The lowest BCUT2D eigenvalue weighted by atomic mass is 10.0. The number of aliphatic hydroxyl groups is 1. The van der Waals surface area contributed by atoms with Crippen molar-refractivity contribution in [2.45, 2.75) is 25.9 Å². The molecular formula is C28H35N5O. The van der Waals surface area contributed by atoms with Gasteiger partial charge in [0.15, 0.2) is 5.82 Å². The fourth-order valence-corrected chi connectivity index (χ4v) is 3.98. The maximum absolute atomic E-state index is 10.0. The smallest absolute Gasteiger partial charge is 0.161 e. The minimum Gasteiger partial charge on any atom is -0.393 e. The van der Waals surface area contributed by atoms with E-state index in [9.17, 15) is 5.11 Å². The number of hydrogen-bond donors (Lipinski definition) is 1. The number of nitrogens with zero attached hydrogens (tertiary/aromatic N) is 5. The van der Waals surface area contributed by atoms with Crippen LogP contribution in [0.5, 0.6) is 0 Å². The van der Waals surface area contributed by atoms with E-state index >= 15 is 0 Å². The number of anilines is 1. The first-order valence-electron chi connectivity index (χ1n) is 11.5. The zero-order chi connectivity index (χ0) is 24.7. The molecule has 0 aliphatic carbocycles. The van der Waals surface area contributed by atoms with Gasteiger partial charge in [-0.05, 0) is 37.0 Å². The Bertz CT molecular complexity index is 1120. The zero-order valence-corrected chi connectivity index (χ0v) is 20.7. The third kappa shape index (κ3) is 6.29. The maximum atomic E-state index is 10.0. The minimum absolute atomic E-state index is 0.263. The molecule has 1 aliphatic rings. The molecule has 0 saturated carbocycles. The lowest BCUT2D eigenvalue weighted by Crippen LogP contribution is -2.37. The summed E-state index contributed by atoms with van der Waals surface area (Å²) in [7, 11) is 5.74. The van der Waals surface area contributed by atoms with Crippen molar-refractivity contribution in [2.24, 2.45) is 4.99 Å². The van der Waals surface area contributed by atoms with Crippen LogP contribution in [0.25, 0.3) is 22.5 Å². The SMILES string of the molecule is C=C/C(=C\N(C)C)c1cccc(-c2ncc(C(/C=N\C)=C/C(=C)C)c(N3CCC(O)CC3)n2)c1. The number of benzene rings is 1. The Hall–Kier alpha value is -3.51. The van der Waals surface area contributed by atoms with Crippen molar-refractivity contribution in [2.75, 3.05) is 39.1 Å². The van der Waals surface area contributed by atoms with Gasteiger partial charge in [0.05, 0.1) is 6.10 Å². The van der Waals surface area contributed by atoms with Crippen LogP contribution in [-0.2, 0) is 0 Å². The third-order valence-electron chi connectivity index (χ3n) is 5.59. The molecule has 3 rings (SSSR count). The van der Waals surface area contributed by atoms with E-state index in [0.29, 0.717) is 18.7 Å². The van der Waals surface area contributed by atoms with Gasteiger partial charge in [-0.25, -0.2) is 9.97 Å². The Morgan fingerprint density at radius 1 is 1.24 bits per heavy atom. The molecule has 34 heavy (non-hydrogen) atoms. The third-order valence-corrected chi connectivity index (χ3v) is 5.59. The van der Waals surface area contributed by atoms with Gasteiger partial charge in [0, 0.05) is 69.5 Å². The molecule has 1 aromatic carbocycles. The molecule has 6 heteroatoms. The number of aliphatic imine (C=N–C) groups is 1. The molecule has 178 valence electrons. The van der Waals surface area contributed by atoms with Crippen molar-refractivity contribution in [1.29, 1.82) is 0 Å². The monoisotopic (exact) mass is 457 g/mol. The van der Waals surface area contributed by atoms with Crippen LogP contribution in [0.15, 0.2) is 72.5 Å². The van der Waals surface area contributed by atoms with Crippen molar-refractivity contribution in [3.05, 3.63) is 78.7 Å². The van der Waals surface area contributed by atoms with Gasteiger partial charge in [-0.15, -0.1) is 0 Å². The fraction of sp³-hybridized carbons (Fsp3) is 0.321. The Morgan fingerprint density at radius 2 is 1.97 bits per heavy atom. The predicted octanol–water partition coefficient (Wildman–Crippen LogP) is 4.85. The lowest BCUT2D eigenvalue weighted by Gasteiger charge is -2.32.